The number of piperidine rings is 1. The summed E-state index contributed by atoms with van der Waals surface area (Å²) >= 11 is 0. The molecule has 2 aromatic heterocycles. The summed E-state index contributed by atoms with van der Waals surface area (Å²) in [7, 11) is 0. The number of aromatic amines is 1. The third-order valence-electron chi connectivity index (χ3n) is 6.78. The van der Waals surface area contributed by atoms with Gasteiger partial charge in [-0.25, -0.2) is 4.98 Å². The van der Waals surface area contributed by atoms with Gasteiger partial charge in [0.25, 0.3) is 11.5 Å². The Morgan fingerprint density at radius 2 is 1.84 bits per heavy atom. The molecule has 9 heteroatoms. The van der Waals surface area contributed by atoms with Crippen LogP contribution in [0.25, 0.3) is 0 Å². The predicted molar refractivity (Wildman–Crippen MR) is 113 cm³/mol. The van der Waals surface area contributed by atoms with Gasteiger partial charge >= 0.3 is 0 Å². The Morgan fingerprint density at radius 3 is 2.55 bits per heavy atom. The van der Waals surface area contributed by atoms with Gasteiger partial charge in [0.2, 0.25) is 5.95 Å². The third-order valence-corrected chi connectivity index (χ3v) is 6.78. The molecule has 2 fully saturated rings. The quantitative estimate of drug-likeness (QED) is 0.763. The van der Waals surface area contributed by atoms with Gasteiger partial charge in [-0.1, -0.05) is 0 Å². The van der Waals surface area contributed by atoms with E-state index in [1.807, 2.05) is 0 Å². The number of likely N-dealkylation sites (tertiary alicyclic amines) is 1. The van der Waals surface area contributed by atoms with Crippen molar-refractivity contribution in [2.24, 2.45) is 0 Å². The lowest BCUT2D eigenvalue weighted by Gasteiger charge is -2.39. The molecule has 4 heterocycles. The topological polar surface area (TPSA) is 109 Å². The molecule has 1 N–H and O–H groups in total. The molecule has 0 bridgehead atoms. The summed E-state index contributed by atoms with van der Waals surface area (Å²) in [6.45, 7) is 5.40. The van der Waals surface area contributed by atoms with E-state index in [1.165, 1.54) is 12.1 Å². The molecule has 1 amide bonds. The van der Waals surface area contributed by atoms with Crippen molar-refractivity contribution in [3.63, 3.8) is 0 Å². The molecule has 0 saturated carbocycles. The van der Waals surface area contributed by atoms with Gasteiger partial charge in [-0.2, -0.15) is 0 Å². The first-order chi connectivity index (χ1) is 14.9. The number of nitrogens with zero attached hydrogens (tertiary/aromatic N) is 3. The minimum Gasteiger partial charge on any atom is -0.456 e. The molecular weight excluding hydrogens is 400 g/mol. The second kappa shape index (κ2) is 7.64. The van der Waals surface area contributed by atoms with E-state index in [9.17, 15) is 14.4 Å². The maximum atomic E-state index is 12.9. The standard InChI is InChI=1S/C22H26N4O5/c1-14-12-15(27)13-17(31-14)20(29)25-6-4-22(5-7-25)3-2-16-18(22)23-21(24-19(16)28)26-8-10-30-11-9-26/h12-13H,2-11H2,1H3,(H,23,24,28). The van der Waals surface area contributed by atoms with Crippen molar-refractivity contribution in [3.8, 4) is 0 Å². The van der Waals surface area contributed by atoms with Crippen LogP contribution in [-0.2, 0) is 16.6 Å². The molecule has 164 valence electrons. The highest BCUT2D eigenvalue weighted by Gasteiger charge is 2.45. The number of carbonyl (C=O) groups is 1. The number of aryl methyl sites for hydroxylation is 1. The average molecular weight is 426 g/mol. The SMILES string of the molecule is Cc1cc(=O)cc(C(=O)N2CCC3(CCc4c3nc(N3CCOCC3)[nH]c4=O)CC2)o1. The van der Waals surface area contributed by atoms with Crippen LogP contribution in [0.3, 0.4) is 0 Å². The summed E-state index contributed by atoms with van der Waals surface area (Å²) in [5.74, 6) is 0.861. The predicted octanol–water partition coefficient (Wildman–Crippen LogP) is 0.988. The Bertz CT molecular complexity index is 1120. The van der Waals surface area contributed by atoms with Crippen LogP contribution in [0.5, 0.6) is 0 Å². The first kappa shape index (κ1) is 20.0. The van der Waals surface area contributed by atoms with E-state index in [0.29, 0.717) is 57.5 Å². The van der Waals surface area contributed by atoms with Crippen LogP contribution in [0.2, 0.25) is 0 Å². The first-order valence-electron chi connectivity index (χ1n) is 10.8. The fraction of sp³-hybridized carbons (Fsp3) is 0.545. The van der Waals surface area contributed by atoms with Gasteiger partial charge in [0.15, 0.2) is 11.2 Å². The number of fused-ring (bicyclic) bond motifs is 2. The van der Waals surface area contributed by atoms with Crippen LogP contribution in [0.1, 0.15) is 46.8 Å². The first-order valence-corrected chi connectivity index (χ1v) is 10.8. The van der Waals surface area contributed by atoms with E-state index in [0.717, 1.165) is 30.5 Å². The highest BCUT2D eigenvalue weighted by molar-refractivity contribution is 5.91. The van der Waals surface area contributed by atoms with E-state index in [1.54, 1.807) is 11.8 Å². The van der Waals surface area contributed by atoms with Crippen molar-refractivity contribution in [1.29, 1.82) is 0 Å². The van der Waals surface area contributed by atoms with E-state index in [4.69, 9.17) is 14.1 Å². The summed E-state index contributed by atoms with van der Waals surface area (Å²) in [6.07, 6.45) is 3.05. The number of ether oxygens (including phenoxy) is 1. The van der Waals surface area contributed by atoms with Crippen LogP contribution in [0.15, 0.2) is 26.1 Å². The Balaban J connectivity index is 1.38. The normalized spacial score (nSPS) is 20.2. The highest BCUT2D eigenvalue weighted by Crippen LogP contribution is 2.44. The minimum absolute atomic E-state index is 0.0524. The number of aromatic nitrogens is 2. The van der Waals surface area contributed by atoms with Crippen molar-refractivity contribution in [2.45, 2.75) is 38.0 Å². The zero-order valence-electron chi connectivity index (χ0n) is 17.6. The highest BCUT2D eigenvalue weighted by atomic mass is 16.5. The number of carbonyl (C=O) groups excluding carboxylic acids is 1. The molecule has 0 aromatic carbocycles. The van der Waals surface area contributed by atoms with Crippen molar-refractivity contribution in [3.05, 3.63) is 55.5 Å². The van der Waals surface area contributed by atoms with Crippen molar-refractivity contribution >= 4 is 11.9 Å². The minimum atomic E-state index is -0.262. The lowest BCUT2D eigenvalue weighted by molar-refractivity contribution is 0.0627. The van der Waals surface area contributed by atoms with Crippen LogP contribution in [0, 0.1) is 6.92 Å². The Hall–Kier alpha value is -2.94. The molecule has 1 aliphatic carbocycles. The van der Waals surface area contributed by atoms with E-state index in [2.05, 4.69) is 9.88 Å². The lowest BCUT2D eigenvalue weighted by atomic mass is 9.76. The van der Waals surface area contributed by atoms with Gasteiger partial charge in [0.05, 0.1) is 18.9 Å². The molecule has 1 spiro atoms. The van der Waals surface area contributed by atoms with E-state index >= 15 is 0 Å². The van der Waals surface area contributed by atoms with Crippen LogP contribution in [0.4, 0.5) is 5.95 Å². The van der Waals surface area contributed by atoms with Crippen LogP contribution >= 0.6 is 0 Å². The molecule has 3 aliphatic rings. The monoisotopic (exact) mass is 426 g/mol. The molecule has 5 rings (SSSR count). The zero-order valence-corrected chi connectivity index (χ0v) is 17.6. The summed E-state index contributed by atoms with van der Waals surface area (Å²) in [5.41, 5.74) is 1.20. The molecular formula is C22H26N4O5. The number of nitrogens with one attached hydrogen (secondary N) is 1. The second-order valence-corrected chi connectivity index (χ2v) is 8.66. The van der Waals surface area contributed by atoms with Crippen LogP contribution in [-0.4, -0.2) is 60.2 Å². The smallest absolute Gasteiger partial charge is 0.289 e. The number of anilines is 1. The molecule has 2 aliphatic heterocycles. The Kier molecular flexibility index (Phi) is 4.92. The summed E-state index contributed by atoms with van der Waals surface area (Å²) in [6, 6.07) is 2.62. The average Bonchev–Trinajstić information content (AvgIpc) is 3.12. The molecule has 31 heavy (non-hydrogen) atoms. The number of rotatable bonds is 2. The maximum Gasteiger partial charge on any atom is 0.289 e. The second-order valence-electron chi connectivity index (χ2n) is 8.66. The number of hydrogen-bond acceptors (Lipinski definition) is 7. The fourth-order valence-electron chi connectivity index (χ4n) is 5.05. The van der Waals surface area contributed by atoms with Crippen molar-refractivity contribution < 1.29 is 13.9 Å². The third kappa shape index (κ3) is 3.56. The van der Waals surface area contributed by atoms with Gasteiger partial charge in [0, 0.05) is 49.3 Å². The number of H-pyrrole nitrogens is 1. The summed E-state index contributed by atoms with van der Waals surface area (Å²) in [5, 5.41) is 0. The molecule has 2 aromatic rings. The molecule has 2 saturated heterocycles. The van der Waals surface area contributed by atoms with Crippen molar-refractivity contribution in [1.82, 2.24) is 14.9 Å². The van der Waals surface area contributed by atoms with Gasteiger partial charge in [-0.3, -0.25) is 19.4 Å². The van der Waals surface area contributed by atoms with Gasteiger partial charge < -0.3 is 19.0 Å². The van der Waals surface area contributed by atoms with Gasteiger partial charge in [-0.05, 0) is 32.6 Å². The molecule has 9 nitrogen and oxygen atoms in total. The molecule has 0 atom stereocenters. The molecule has 0 radical (unpaired) electrons. The summed E-state index contributed by atoms with van der Waals surface area (Å²) in [4.78, 5) is 49.1. The van der Waals surface area contributed by atoms with Crippen LogP contribution < -0.4 is 15.9 Å². The lowest BCUT2D eigenvalue weighted by Crippen LogP contribution is -2.45. The van der Waals surface area contributed by atoms with Crippen molar-refractivity contribution in [2.75, 3.05) is 44.3 Å². The van der Waals surface area contributed by atoms with E-state index < -0.39 is 0 Å². The number of amides is 1. The largest absolute Gasteiger partial charge is 0.456 e. The molecule has 0 unspecified atom stereocenters. The van der Waals surface area contributed by atoms with Gasteiger partial charge in [0.1, 0.15) is 5.76 Å². The van der Waals surface area contributed by atoms with E-state index in [-0.39, 0.29) is 28.1 Å². The number of morpholine rings is 1. The zero-order chi connectivity index (χ0) is 21.6. The Labute approximate surface area is 179 Å². The maximum absolute atomic E-state index is 12.9. The fourth-order valence-corrected chi connectivity index (χ4v) is 5.05. The summed E-state index contributed by atoms with van der Waals surface area (Å²) < 4.78 is 10.9. The number of hydrogen-bond donors (Lipinski definition) is 1. The Morgan fingerprint density at radius 1 is 1.10 bits per heavy atom. The van der Waals surface area contributed by atoms with Gasteiger partial charge in [-0.15, -0.1) is 0 Å².